The maximum atomic E-state index is 12.4. The van der Waals surface area contributed by atoms with Gasteiger partial charge in [0.1, 0.15) is 6.04 Å². The monoisotopic (exact) mass is 388 g/mol. The van der Waals surface area contributed by atoms with E-state index >= 15 is 0 Å². The van der Waals surface area contributed by atoms with Crippen molar-refractivity contribution in [2.75, 3.05) is 27.2 Å². The largest absolute Gasteiger partial charge is 0.358 e. The van der Waals surface area contributed by atoms with Crippen LogP contribution in [-0.2, 0) is 16.0 Å². The predicted molar refractivity (Wildman–Crippen MR) is 110 cm³/mol. The van der Waals surface area contributed by atoms with Crippen molar-refractivity contribution in [2.24, 2.45) is 5.92 Å². The molecule has 1 atom stereocenters. The third-order valence-electron chi connectivity index (χ3n) is 4.45. The molecule has 0 aliphatic rings. The smallest absolute Gasteiger partial charge is 0.277 e. The molecule has 0 radical (unpaired) electrons. The standard InChI is InChI=1S/C21H29N3O2S/c1-15(2)12-16-7-9-17(10-8-16)21(18-6-5-11-27-18)23-13-20(26)24(4)14-19(25)22-3/h5-11,15,21,23H,12-14H2,1-4H3,(H,22,25)/p+1/t21-/m1/s1. The fraction of sp³-hybridized carbons (Fsp3) is 0.429. The SMILES string of the molecule is CNC(=O)CN(C)C(=O)C[NH2+][C@H](c1ccc(CC(C)C)cc1)c1cccs1. The highest BCUT2D eigenvalue weighted by atomic mass is 32.1. The van der Waals surface area contributed by atoms with Gasteiger partial charge in [-0.05, 0) is 29.3 Å². The number of thiophene rings is 1. The average Bonchev–Trinajstić information content (AvgIpc) is 3.16. The van der Waals surface area contributed by atoms with E-state index in [-0.39, 0.29) is 24.4 Å². The predicted octanol–water partition coefficient (Wildman–Crippen LogP) is 1.80. The van der Waals surface area contributed by atoms with Gasteiger partial charge in [0.05, 0.1) is 11.4 Å². The minimum Gasteiger partial charge on any atom is -0.358 e. The van der Waals surface area contributed by atoms with Gasteiger partial charge in [-0.3, -0.25) is 9.59 Å². The Hall–Kier alpha value is -2.18. The van der Waals surface area contributed by atoms with Crippen molar-refractivity contribution in [1.29, 1.82) is 0 Å². The Kier molecular flexibility index (Phi) is 8.00. The number of carbonyl (C=O) groups is 2. The molecule has 0 saturated carbocycles. The van der Waals surface area contributed by atoms with Gasteiger partial charge in [-0.25, -0.2) is 0 Å². The maximum Gasteiger partial charge on any atom is 0.277 e. The number of likely N-dealkylation sites (N-methyl/N-ethyl adjacent to an activating group) is 2. The van der Waals surface area contributed by atoms with Gasteiger partial charge in [0, 0.05) is 19.7 Å². The quantitative estimate of drug-likeness (QED) is 0.688. The van der Waals surface area contributed by atoms with Gasteiger partial charge < -0.3 is 15.5 Å². The Balaban J connectivity index is 2.07. The molecular weight excluding hydrogens is 358 g/mol. The van der Waals surface area contributed by atoms with Crippen molar-refractivity contribution in [2.45, 2.75) is 26.3 Å². The zero-order valence-corrected chi connectivity index (χ0v) is 17.4. The third kappa shape index (κ3) is 6.48. The van der Waals surface area contributed by atoms with Crippen LogP contribution in [0.25, 0.3) is 0 Å². The van der Waals surface area contributed by atoms with Crippen molar-refractivity contribution < 1.29 is 14.9 Å². The van der Waals surface area contributed by atoms with Crippen LogP contribution < -0.4 is 10.6 Å². The van der Waals surface area contributed by atoms with E-state index in [0.717, 1.165) is 6.42 Å². The molecule has 2 aromatic rings. The number of rotatable bonds is 9. The van der Waals surface area contributed by atoms with Crippen LogP contribution in [0.4, 0.5) is 0 Å². The van der Waals surface area contributed by atoms with Crippen molar-refractivity contribution >= 4 is 23.2 Å². The molecule has 1 aromatic heterocycles. The van der Waals surface area contributed by atoms with Gasteiger partial charge in [0.2, 0.25) is 5.91 Å². The number of amides is 2. The molecule has 2 amide bonds. The van der Waals surface area contributed by atoms with E-state index in [9.17, 15) is 9.59 Å². The molecule has 0 saturated heterocycles. The van der Waals surface area contributed by atoms with Crippen molar-refractivity contribution in [3.05, 3.63) is 57.8 Å². The van der Waals surface area contributed by atoms with Gasteiger partial charge in [-0.2, -0.15) is 0 Å². The lowest BCUT2D eigenvalue weighted by atomic mass is 9.99. The van der Waals surface area contributed by atoms with Crippen molar-refractivity contribution in [3.8, 4) is 0 Å². The summed E-state index contributed by atoms with van der Waals surface area (Å²) in [5.74, 6) is 0.405. The second-order valence-corrected chi connectivity index (χ2v) is 8.17. The topological polar surface area (TPSA) is 66.0 Å². The molecule has 0 spiro atoms. The summed E-state index contributed by atoms with van der Waals surface area (Å²) in [6.45, 7) is 4.81. The van der Waals surface area contributed by atoms with Crippen LogP contribution in [0, 0.1) is 5.92 Å². The first-order valence-electron chi connectivity index (χ1n) is 9.30. The zero-order chi connectivity index (χ0) is 19.8. The number of nitrogens with zero attached hydrogens (tertiary/aromatic N) is 1. The van der Waals surface area contributed by atoms with Gasteiger partial charge >= 0.3 is 0 Å². The molecule has 2 rings (SSSR count). The Labute approximate surface area is 165 Å². The van der Waals surface area contributed by atoms with Crippen molar-refractivity contribution in [1.82, 2.24) is 10.2 Å². The first kappa shape index (κ1) is 21.1. The summed E-state index contributed by atoms with van der Waals surface area (Å²) < 4.78 is 0. The first-order valence-corrected chi connectivity index (χ1v) is 10.2. The van der Waals surface area contributed by atoms with Crippen LogP contribution >= 0.6 is 11.3 Å². The van der Waals surface area contributed by atoms with Crippen LogP contribution in [-0.4, -0.2) is 43.9 Å². The van der Waals surface area contributed by atoms with Gasteiger partial charge in [0.15, 0.2) is 6.54 Å². The Morgan fingerprint density at radius 1 is 1.19 bits per heavy atom. The summed E-state index contributed by atoms with van der Waals surface area (Å²) in [6.07, 6.45) is 1.07. The lowest BCUT2D eigenvalue weighted by molar-refractivity contribution is -0.676. The highest BCUT2D eigenvalue weighted by Gasteiger charge is 2.22. The van der Waals surface area contributed by atoms with Gasteiger partial charge in [0.25, 0.3) is 5.91 Å². The maximum absolute atomic E-state index is 12.4. The highest BCUT2D eigenvalue weighted by Crippen LogP contribution is 2.23. The summed E-state index contributed by atoms with van der Waals surface area (Å²) in [5, 5.41) is 6.65. The molecule has 3 N–H and O–H groups in total. The number of carbonyl (C=O) groups excluding carboxylic acids is 2. The molecule has 0 aliphatic heterocycles. The number of nitrogens with two attached hydrogens (primary N) is 1. The van der Waals surface area contributed by atoms with E-state index < -0.39 is 0 Å². The van der Waals surface area contributed by atoms with E-state index in [1.807, 2.05) is 11.4 Å². The summed E-state index contributed by atoms with van der Waals surface area (Å²) in [5.41, 5.74) is 2.52. The molecule has 0 aliphatic carbocycles. The lowest BCUT2D eigenvalue weighted by Crippen LogP contribution is -2.87. The molecule has 146 valence electrons. The summed E-state index contributed by atoms with van der Waals surface area (Å²) >= 11 is 1.69. The van der Waals surface area contributed by atoms with Crippen LogP contribution in [0.2, 0.25) is 0 Å². The lowest BCUT2D eigenvalue weighted by Gasteiger charge is -2.19. The van der Waals surface area contributed by atoms with E-state index in [4.69, 9.17) is 0 Å². The number of quaternary nitrogens is 1. The summed E-state index contributed by atoms with van der Waals surface area (Å²) in [6, 6.07) is 12.9. The second-order valence-electron chi connectivity index (χ2n) is 7.20. The molecule has 0 fully saturated rings. The van der Waals surface area contributed by atoms with Crippen LogP contribution in [0.1, 0.15) is 35.9 Å². The van der Waals surface area contributed by atoms with E-state index in [2.05, 4.69) is 54.9 Å². The number of benzene rings is 1. The van der Waals surface area contributed by atoms with E-state index in [1.54, 1.807) is 25.4 Å². The molecular formula is C21H30N3O2S+. The Bertz CT molecular complexity index is 726. The second kappa shape index (κ2) is 10.2. The first-order chi connectivity index (χ1) is 12.9. The number of hydrogen-bond acceptors (Lipinski definition) is 3. The van der Waals surface area contributed by atoms with Crippen LogP contribution in [0.15, 0.2) is 41.8 Å². The summed E-state index contributed by atoms with van der Waals surface area (Å²) in [7, 11) is 3.23. The molecule has 1 aromatic carbocycles. The van der Waals surface area contributed by atoms with E-state index in [0.29, 0.717) is 12.5 Å². The molecule has 0 bridgehead atoms. The van der Waals surface area contributed by atoms with E-state index in [1.165, 1.54) is 20.9 Å². The minimum absolute atomic E-state index is 0.0587. The molecule has 1 heterocycles. The Morgan fingerprint density at radius 2 is 1.89 bits per heavy atom. The highest BCUT2D eigenvalue weighted by molar-refractivity contribution is 7.10. The fourth-order valence-electron chi connectivity index (χ4n) is 2.97. The fourth-order valence-corrected chi connectivity index (χ4v) is 3.82. The van der Waals surface area contributed by atoms with Crippen LogP contribution in [0.3, 0.4) is 0 Å². The molecule has 6 heteroatoms. The Morgan fingerprint density at radius 3 is 2.44 bits per heavy atom. The van der Waals surface area contributed by atoms with Gasteiger partial charge in [-0.1, -0.05) is 44.2 Å². The summed E-state index contributed by atoms with van der Waals surface area (Å²) in [4.78, 5) is 26.5. The van der Waals surface area contributed by atoms with Crippen molar-refractivity contribution in [3.63, 3.8) is 0 Å². The molecule has 5 nitrogen and oxygen atoms in total. The van der Waals surface area contributed by atoms with Gasteiger partial charge in [-0.15, -0.1) is 11.3 Å². The zero-order valence-electron chi connectivity index (χ0n) is 16.6. The molecule has 0 unspecified atom stereocenters. The third-order valence-corrected chi connectivity index (χ3v) is 5.40. The minimum atomic E-state index is -0.165. The normalized spacial score (nSPS) is 12.0. The number of nitrogens with one attached hydrogen (secondary N) is 1. The molecule has 27 heavy (non-hydrogen) atoms. The van der Waals surface area contributed by atoms with Crippen LogP contribution in [0.5, 0.6) is 0 Å². The average molecular weight is 389 g/mol. The number of hydrogen-bond donors (Lipinski definition) is 2.